The summed E-state index contributed by atoms with van der Waals surface area (Å²) in [6.07, 6.45) is 10.7. The van der Waals surface area contributed by atoms with Crippen LogP contribution in [0.4, 0.5) is 9.80 Å². The van der Waals surface area contributed by atoms with Crippen molar-refractivity contribution in [2.75, 3.05) is 18.4 Å². The average molecular weight is 579 g/mol. The van der Waals surface area contributed by atoms with Gasteiger partial charge in [0, 0.05) is 47.3 Å². The van der Waals surface area contributed by atoms with Crippen LogP contribution in [0.2, 0.25) is 0 Å². The molecule has 214 valence electrons. The number of allylic oxidation sites excluding steroid dienone is 1. The molecule has 2 N–H and O–H groups in total. The number of ether oxygens (including phenoxy) is 1. The van der Waals surface area contributed by atoms with E-state index >= 15 is 0 Å². The Morgan fingerprint density at radius 1 is 1.07 bits per heavy atom. The molecule has 3 aromatic rings. The standard InChI is InChI=1S/C32H42N4O2S2/c1-6-35-16-13-22-24(30(40-26(22)19-35)36-14-7-8-15-36)18-33-31(37)34-29-27(23-12-9-20(2)17-25(23)39-29)28(21-10-11-21)38-32(3,4)5/h7-8,14-15,20H,6,9-13,16-19H2,1-5H3,(H2,33,34,37). The number of hydrogen-bond acceptors (Lipinski definition) is 5. The number of aromatic nitrogens is 1. The Kier molecular flexibility index (Phi) is 7.61. The molecule has 6 rings (SSSR count). The van der Waals surface area contributed by atoms with Gasteiger partial charge in [0.05, 0.1) is 5.56 Å². The van der Waals surface area contributed by atoms with Gasteiger partial charge < -0.3 is 14.6 Å². The fourth-order valence-corrected chi connectivity index (χ4v) is 8.71. The number of nitrogens with zero attached hydrogens (tertiary/aromatic N) is 2. The minimum atomic E-state index is -0.290. The predicted molar refractivity (Wildman–Crippen MR) is 167 cm³/mol. The number of amides is 2. The highest BCUT2D eigenvalue weighted by atomic mass is 32.1. The zero-order valence-corrected chi connectivity index (χ0v) is 26.1. The van der Waals surface area contributed by atoms with Gasteiger partial charge in [0.2, 0.25) is 0 Å². The summed E-state index contributed by atoms with van der Waals surface area (Å²) in [4.78, 5) is 18.8. The monoisotopic (exact) mass is 578 g/mol. The van der Waals surface area contributed by atoms with E-state index in [0.29, 0.717) is 12.5 Å². The van der Waals surface area contributed by atoms with E-state index in [9.17, 15) is 4.79 Å². The van der Waals surface area contributed by atoms with Crippen molar-refractivity contribution in [3.63, 3.8) is 0 Å². The van der Waals surface area contributed by atoms with Crippen molar-refractivity contribution in [3.05, 3.63) is 62.1 Å². The van der Waals surface area contributed by atoms with Gasteiger partial charge in [0.1, 0.15) is 21.4 Å². The van der Waals surface area contributed by atoms with Gasteiger partial charge in [-0.25, -0.2) is 4.79 Å². The number of nitrogens with one attached hydrogen (secondary N) is 2. The highest BCUT2D eigenvalue weighted by Crippen LogP contribution is 2.48. The van der Waals surface area contributed by atoms with Gasteiger partial charge >= 0.3 is 6.03 Å². The fraction of sp³-hybridized carbons (Fsp3) is 0.531. The van der Waals surface area contributed by atoms with E-state index in [1.807, 2.05) is 11.3 Å². The number of hydrogen-bond donors (Lipinski definition) is 2. The van der Waals surface area contributed by atoms with Crippen molar-refractivity contribution in [1.82, 2.24) is 14.8 Å². The minimum Gasteiger partial charge on any atom is -0.487 e. The molecular formula is C32H42N4O2S2. The van der Waals surface area contributed by atoms with E-state index < -0.39 is 0 Å². The highest BCUT2D eigenvalue weighted by molar-refractivity contribution is 7.16. The van der Waals surface area contributed by atoms with Crippen LogP contribution in [0.3, 0.4) is 0 Å². The summed E-state index contributed by atoms with van der Waals surface area (Å²) in [5, 5.41) is 8.68. The molecule has 1 atom stereocenters. The van der Waals surface area contributed by atoms with Crippen LogP contribution in [0.25, 0.3) is 10.8 Å². The zero-order valence-electron chi connectivity index (χ0n) is 24.5. The number of urea groups is 1. The van der Waals surface area contributed by atoms with E-state index in [-0.39, 0.29) is 11.6 Å². The third-order valence-corrected chi connectivity index (χ3v) is 10.6. The first-order valence-corrected chi connectivity index (χ1v) is 16.4. The SMILES string of the molecule is CCN1CCc2c(sc(-n3cccc3)c2CNC(=O)Nc2sc3c(c2C(OC(C)(C)C)=C2CC2)CCC(C)C3)C1. The number of fused-ring (bicyclic) bond motifs is 2. The lowest BCUT2D eigenvalue weighted by Crippen LogP contribution is -2.31. The van der Waals surface area contributed by atoms with Crippen LogP contribution in [0, 0.1) is 5.92 Å². The molecule has 3 aliphatic rings. The van der Waals surface area contributed by atoms with Gasteiger partial charge in [-0.1, -0.05) is 13.8 Å². The molecule has 4 heterocycles. The van der Waals surface area contributed by atoms with Crippen molar-refractivity contribution in [3.8, 4) is 5.00 Å². The maximum absolute atomic E-state index is 13.5. The van der Waals surface area contributed by atoms with Gasteiger partial charge in [-0.2, -0.15) is 0 Å². The number of rotatable bonds is 7. The first-order chi connectivity index (χ1) is 19.2. The van der Waals surface area contributed by atoms with Crippen LogP contribution in [-0.2, 0) is 37.1 Å². The Bertz CT molecular complexity index is 1420. The number of anilines is 1. The quantitative estimate of drug-likeness (QED) is 0.282. The Morgan fingerprint density at radius 3 is 2.55 bits per heavy atom. The smallest absolute Gasteiger partial charge is 0.320 e. The molecule has 1 saturated carbocycles. The molecule has 0 radical (unpaired) electrons. The summed E-state index contributed by atoms with van der Waals surface area (Å²) in [6.45, 7) is 14.5. The first kappa shape index (κ1) is 27.6. The first-order valence-electron chi connectivity index (χ1n) is 14.8. The highest BCUT2D eigenvalue weighted by Gasteiger charge is 2.33. The Morgan fingerprint density at radius 2 is 1.85 bits per heavy atom. The minimum absolute atomic E-state index is 0.145. The average Bonchev–Trinajstić information content (AvgIpc) is 3.32. The van der Waals surface area contributed by atoms with Crippen molar-refractivity contribution in [1.29, 1.82) is 0 Å². The lowest BCUT2D eigenvalue weighted by molar-refractivity contribution is 0.0964. The molecule has 0 bridgehead atoms. The lowest BCUT2D eigenvalue weighted by Gasteiger charge is -2.26. The van der Waals surface area contributed by atoms with E-state index in [1.165, 1.54) is 43.4 Å². The Labute approximate surface area is 246 Å². The van der Waals surface area contributed by atoms with Crippen molar-refractivity contribution in [2.24, 2.45) is 5.92 Å². The van der Waals surface area contributed by atoms with E-state index in [1.54, 1.807) is 11.3 Å². The molecule has 1 fully saturated rings. The second-order valence-electron chi connectivity index (χ2n) is 12.5. The molecule has 2 amide bonds. The summed E-state index contributed by atoms with van der Waals surface area (Å²) in [5.41, 5.74) is 6.28. The maximum atomic E-state index is 13.5. The van der Waals surface area contributed by atoms with Crippen molar-refractivity contribution in [2.45, 2.75) is 91.8 Å². The molecule has 6 nitrogen and oxygen atoms in total. The molecule has 0 aromatic carbocycles. The van der Waals surface area contributed by atoms with Gasteiger partial charge in [-0.05, 0) is 101 Å². The lowest BCUT2D eigenvalue weighted by atomic mass is 9.88. The molecule has 1 aliphatic heterocycles. The number of thiophene rings is 2. The van der Waals surface area contributed by atoms with Crippen LogP contribution in [0.15, 0.2) is 30.1 Å². The Balaban J connectivity index is 1.26. The second kappa shape index (κ2) is 11.0. The van der Waals surface area contributed by atoms with E-state index in [2.05, 4.69) is 79.2 Å². The van der Waals surface area contributed by atoms with Crippen molar-refractivity contribution >= 4 is 39.5 Å². The maximum Gasteiger partial charge on any atom is 0.320 e. The molecular weight excluding hydrogens is 537 g/mol. The zero-order chi connectivity index (χ0) is 28.0. The van der Waals surface area contributed by atoms with Gasteiger partial charge in [-0.3, -0.25) is 10.2 Å². The largest absolute Gasteiger partial charge is 0.487 e. The van der Waals surface area contributed by atoms with Gasteiger partial charge in [0.15, 0.2) is 0 Å². The number of carbonyl (C=O) groups is 1. The molecule has 8 heteroatoms. The summed E-state index contributed by atoms with van der Waals surface area (Å²) >= 11 is 3.61. The summed E-state index contributed by atoms with van der Waals surface area (Å²) in [5.74, 6) is 1.68. The van der Waals surface area contributed by atoms with Gasteiger partial charge in [0.25, 0.3) is 0 Å². The molecule has 3 aromatic heterocycles. The molecule has 40 heavy (non-hydrogen) atoms. The van der Waals surface area contributed by atoms with E-state index in [4.69, 9.17) is 4.74 Å². The normalized spacial score (nSPS) is 18.7. The van der Waals surface area contributed by atoms with Crippen LogP contribution >= 0.6 is 22.7 Å². The number of carbonyl (C=O) groups excluding carboxylic acids is 1. The molecule has 1 unspecified atom stereocenters. The van der Waals surface area contributed by atoms with Crippen LogP contribution in [0.5, 0.6) is 0 Å². The molecule has 0 saturated heterocycles. The van der Waals surface area contributed by atoms with Crippen molar-refractivity contribution < 1.29 is 9.53 Å². The van der Waals surface area contributed by atoms with Crippen LogP contribution in [-0.4, -0.2) is 34.2 Å². The van der Waals surface area contributed by atoms with Crippen LogP contribution in [0.1, 0.15) is 85.9 Å². The Hall–Kier alpha value is -2.55. The fourth-order valence-electron chi connectivity index (χ4n) is 5.93. The van der Waals surface area contributed by atoms with E-state index in [0.717, 1.165) is 68.1 Å². The third-order valence-electron chi connectivity index (χ3n) is 8.13. The second-order valence-corrected chi connectivity index (χ2v) is 14.7. The number of likely N-dealkylation sites (N-methyl/N-ethyl adjacent to an activating group) is 1. The summed E-state index contributed by atoms with van der Waals surface area (Å²) in [7, 11) is 0. The van der Waals surface area contributed by atoms with Crippen LogP contribution < -0.4 is 10.6 Å². The topological polar surface area (TPSA) is 58.5 Å². The summed E-state index contributed by atoms with van der Waals surface area (Å²) < 4.78 is 8.78. The molecule has 0 spiro atoms. The molecule has 2 aliphatic carbocycles. The third kappa shape index (κ3) is 5.76. The summed E-state index contributed by atoms with van der Waals surface area (Å²) in [6, 6.07) is 3.98. The van der Waals surface area contributed by atoms with Gasteiger partial charge in [-0.15, -0.1) is 22.7 Å². The predicted octanol–water partition coefficient (Wildman–Crippen LogP) is 7.74.